The Bertz CT molecular complexity index is 964. The van der Waals surface area contributed by atoms with Gasteiger partial charge < -0.3 is 15.2 Å². The van der Waals surface area contributed by atoms with Crippen molar-refractivity contribution in [3.63, 3.8) is 0 Å². The molecule has 2 aromatic rings. The molecule has 2 aromatic carbocycles. The number of nitro benzene ring substituents is 1. The van der Waals surface area contributed by atoms with Crippen LogP contribution in [0.1, 0.15) is 28.4 Å². The number of ether oxygens (including phenoxy) is 1. The van der Waals surface area contributed by atoms with Gasteiger partial charge in [0.1, 0.15) is 17.4 Å². The van der Waals surface area contributed by atoms with Crippen molar-refractivity contribution in [2.24, 2.45) is 0 Å². The lowest BCUT2D eigenvalue weighted by molar-refractivity contribution is -0.384. The molecule has 0 radical (unpaired) electrons. The number of nitrogens with one attached hydrogen (secondary N) is 1. The second kappa shape index (κ2) is 7.97. The van der Waals surface area contributed by atoms with Crippen molar-refractivity contribution in [2.75, 3.05) is 5.32 Å². The van der Waals surface area contributed by atoms with Gasteiger partial charge in [0.15, 0.2) is 6.10 Å². The number of phenolic OH excluding ortho intramolecular Hbond substituents is 1. The third-order valence-corrected chi connectivity index (χ3v) is 3.70. The minimum absolute atomic E-state index is 0.0504. The maximum atomic E-state index is 12.2. The van der Waals surface area contributed by atoms with E-state index in [4.69, 9.17) is 10.00 Å². The van der Waals surface area contributed by atoms with Crippen LogP contribution < -0.4 is 5.32 Å². The fraction of sp³-hybridized carbons (Fsp3) is 0.167. The molecule has 0 bridgehead atoms. The van der Waals surface area contributed by atoms with Crippen molar-refractivity contribution >= 4 is 23.3 Å². The van der Waals surface area contributed by atoms with Gasteiger partial charge in [-0.3, -0.25) is 14.9 Å². The summed E-state index contributed by atoms with van der Waals surface area (Å²) in [5.74, 6) is -1.86. The number of carbonyl (C=O) groups is 2. The maximum Gasteiger partial charge on any atom is 0.342 e. The Kier molecular flexibility index (Phi) is 5.72. The highest BCUT2D eigenvalue weighted by Gasteiger charge is 2.22. The van der Waals surface area contributed by atoms with E-state index in [1.807, 2.05) is 0 Å². The lowest BCUT2D eigenvalue weighted by Crippen LogP contribution is -2.30. The van der Waals surface area contributed by atoms with Crippen molar-refractivity contribution in [1.82, 2.24) is 0 Å². The van der Waals surface area contributed by atoms with Crippen LogP contribution in [0.4, 0.5) is 11.4 Å². The van der Waals surface area contributed by atoms with E-state index < -0.39 is 22.9 Å². The van der Waals surface area contributed by atoms with Crippen LogP contribution in [0, 0.1) is 28.4 Å². The van der Waals surface area contributed by atoms with Crippen molar-refractivity contribution in [1.29, 1.82) is 5.26 Å². The number of nitriles is 1. The van der Waals surface area contributed by atoms with Crippen LogP contribution in [0.3, 0.4) is 0 Å². The standard InChI is InChI=1S/C18H15N3O6/c1-10-4-3-5-14(16(10)22)18(24)27-11(2)17(23)20-15-7-6-13(21(25)26)8-12(15)9-19/h3-8,11,22H,1-2H3,(H,20,23). The summed E-state index contributed by atoms with van der Waals surface area (Å²) < 4.78 is 5.04. The normalized spacial score (nSPS) is 11.1. The average Bonchev–Trinajstić information content (AvgIpc) is 2.63. The molecule has 1 unspecified atom stereocenters. The topological polar surface area (TPSA) is 143 Å². The van der Waals surface area contributed by atoms with E-state index in [1.165, 1.54) is 19.1 Å². The highest BCUT2D eigenvalue weighted by atomic mass is 16.6. The first-order valence-electron chi connectivity index (χ1n) is 7.73. The van der Waals surface area contributed by atoms with E-state index in [0.717, 1.165) is 12.1 Å². The van der Waals surface area contributed by atoms with Crippen molar-refractivity contribution in [3.8, 4) is 11.8 Å². The molecule has 138 valence electrons. The summed E-state index contributed by atoms with van der Waals surface area (Å²) in [6, 6.07) is 9.67. The van der Waals surface area contributed by atoms with Gasteiger partial charge in [-0.15, -0.1) is 0 Å². The number of nitrogens with zero attached hydrogens (tertiary/aromatic N) is 2. The van der Waals surface area contributed by atoms with Crippen molar-refractivity contribution in [3.05, 3.63) is 63.2 Å². The zero-order valence-corrected chi connectivity index (χ0v) is 14.4. The van der Waals surface area contributed by atoms with Gasteiger partial charge in [0, 0.05) is 12.1 Å². The molecule has 2 N–H and O–H groups in total. The molecule has 1 atom stereocenters. The Balaban J connectivity index is 2.12. The number of carbonyl (C=O) groups excluding carboxylic acids is 2. The molecule has 0 aliphatic rings. The highest BCUT2D eigenvalue weighted by Crippen LogP contribution is 2.24. The second-order valence-electron chi connectivity index (χ2n) is 5.61. The number of aryl methyl sites for hydroxylation is 1. The smallest absolute Gasteiger partial charge is 0.342 e. The van der Waals surface area contributed by atoms with Gasteiger partial charge in [-0.2, -0.15) is 5.26 Å². The van der Waals surface area contributed by atoms with E-state index in [1.54, 1.807) is 25.1 Å². The zero-order valence-electron chi connectivity index (χ0n) is 14.4. The Labute approximate surface area is 154 Å². The first kappa shape index (κ1) is 19.4. The number of amides is 1. The Morgan fingerprint density at radius 2 is 2.04 bits per heavy atom. The first-order chi connectivity index (χ1) is 12.7. The van der Waals surface area contributed by atoms with E-state index in [9.17, 15) is 24.8 Å². The van der Waals surface area contributed by atoms with Crippen LogP contribution >= 0.6 is 0 Å². The van der Waals surface area contributed by atoms with Crippen LogP contribution in [-0.4, -0.2) is 28.0 Å². The molecule has 9 heteroatoms. The van der Waals surface area contributed by atoms with Crippen molar-refractivity contribution in [2.45, 2.75) is 20.0 Å². The van der Waals surface area contributed by atoms with Gasteiger partial charge in [-0.25, -0.2) is 4.79 Å². The third-order valence-electron chi connectivity index (χ3n) is 3.70. The van der Waals surface area contributed by atoms with Gasteiger partial charge in [-0.1, -0.05) is 12.1 Å². The average molecular weight is 369 g/mol. The summed E-state index contributed by atoms with van der Waals surface area (Å²) in [5.41, 5.74) is 0.0505. The van der Waals surface area contributed by atoms with Gasteiger partial charge in [0.05, 0.1) is 16.2 Å². The highest BCUT2D eigenvalue weighted by molar-refractivity contribution is 5.99. The quantitative estimate of drug-likeness (QED) is 0.468. The molecule has 0 fully saturated rings. The van der Waals surface area contributed by atoms with Gasteiger partial charge in [0.2, 0.25) is 0 Å². The Morgan fingerprint density at radius 1 is 1.33 bits per heavy atom. The summed E-state index contributed by atoms with van der Waals surface area (Å²) in [6.07, 6.45) is -1.24. The summed E-state index contributed by atoms with van der Waals surface area (Å²) in [4.78, 5) is 34.4. The molecule has 2 rings (SSSR count). The predicted molar refractivity (Wildman–Crippen MR) is 94.2 cm³/mol. The molecule has 0 aromatic heterocycles. The molecular weight excluding hydrogens is 354 g/mol. The zero-order chi connectivity index (χ0) is 20.1. The molecule has 0 spiro atoms. The number of rotatable bonds is 5. The molecule has 0 saturated carbocycles. The summed E-state index contributed by atoms with van der Waals surface area (Å²) in [5, 5.41) is 32.1. The lowest BCUT2D eigenvalue weighted by Gasteiger charge is -2.15. The van der Waals surface area contributed by atoms with Gasteiger partial charge in [-0.05, 0) is 31.5 Å². The number of esters is 1. The number of para-hydroxylation sites is 1. The van der Waals surface area contributed by atoms with E-state index in [0.29, 0.717) is 5.56 Å². The number of anilines is 1. The molecule has 27 heavy (non-hydrogen) atoms. The minimum Gasteiger partial charge on any atom is -0.507 e. The number of non-ortho nitro benzene ring substituents is 1. The lowest BCUT2D eigenvalue weighted by atomic mass is 10.1. The van der Waals surface area contributed by atoms with Crippen LogP contribution in [0.15, 0.2) is 36.4 Å². The monoisotopic (exact) mass is 369 g/mol. The fourth-order valence-corrected chi connectivity index (χ4v) is 2.18. The summed E-state index contributed by atoms with van der Waals surface area (Å²) in [7, 11) is 0. The second-order valence-corrected chi connectivity index (χ2v) is 5.61. The summed E-state index contributed by atoms with van der Waals surface area (Å²) in [6.45, 7) is 2.93. The number of hydrogen-bond donors (Lipinski definition) is 2. The number of benzene rings is 2. The van der Waals surface area contributed by atoms with Crippen LogP contribution in [-0.2, 0) is 9.53 Å². The SMILES string of the molecule is Cc1cccc(C(=O)OC(C)C(=O)Nc2ccc([N+](=O)[O-])cc2C#N)c1O. The molecule has 0 aliphatic carbocycles. The molecule has 9 nitrogen and oxygen atoms in total. The van der Waals surface area contributed by atoms with E-state index >= 15 is 0 Å². The number of hydrogen-bond acceptors (Lipinski definition) is 7. The largest absolute Gasteiger partial charge is 0.507 e. The molecule has 0 saturated heterocycles. The van der Waals surface area contributed by atoms with Gasteiger partial charge >= 0.3 is 5.97 Å². The van der Waals surface area contributed by atoms with Crippen molar-refractivity contribution < 1.29 is 24.4 Å². The first-order valence-corrected chi connectivity index (χ1v) is 7.73. The molecule has 0 aliphatic heterocycles. The van der Waals surface area contributed by atoms with Crippen LogP contribution in [0.2, 0.25) is 0 Å². The Morgan fingerprint density at radius 3 is 2.67 bits per heavy atom. The van der Waals surface area contributed by atoms with Crippen LogP contribution in [0.25, 0.3) is 0 Å². The Hall–Kier alpha value is -3.93. The van der Waals surface area contributed by atoms with Crippen LogP contribution in [0.5, 0.6) is 5.75 Å². The third kappa shape index (κ3) is 4.38. The van der Waals surface area contributed by atoms with Gasteiger partial charge in [0.25, 0.3) is 11.6 Å². The molecule has 0 heterocycles. The van der Waals surface area contributed by atoms with E-state index in [2.05, 4.69) is 5.32 Å². The number of nitro groups is 1. The summed E-state index contributed by atoms with van der Waals surface area (Å²) >= 11 is 0. The fourth-order valence-electron chi connectivity index (χ4n) is 2.18. The molecule has 1 amide bonds. The number of aromatic hydroxyl groups is 1. The molecular formula is C18H15N3O6. The number of phenols is 1. The predicted octanol–water partition coefficient (Wildman–Crippen LogP) is 2.66. The maximum absolute atomic E-state index is 12.2. The van der Waals surface area contributed by atoms with E-state index in [-0.39, 0.29) is 28.3 Å². The minimum atomic E-state index is -1.24.